The van der Waals surface area contributed by atoms with Gasteiger partial charge in [0.1, 0.15) is 0 Å². The summed E-state index contributed by atoms with van der Waals surface area (Å²) < 4.78 is 0.866. The fraction of sp³-hybridized carbons (Fsp3) is 0.353. The number of hydrogen-bond acceptors (Lipinski definition) is 5. The maximum atomic E-state index is 12.3. The van der Waals surface area contributed by atoms with Crippen LogP contribution in [0.5, 0.6) is 0 Å². The molecular formula is C17H21N3O2S2. The smallest absolute Gasteiger partial charge is 0.253 e. The van der Waals surface area contributed by atoms with Gasteiger partial charge in [-0.2, -0.15) is 0 Å². The number of benzene rings is 1. The van der Waals surface area contributed by atoms with Crippen LogP contribution in [0.2, 0.25) is 0 Å². The summed E-state index contributed by atoms with van der Waals surface area (Å²) in [5, 5.41) is 7.63. The molecule has 0 unspecified atom stereocenters. The lowest BCUT2D eigenvalue weighted by Gasteiger charge is -2.12. The number of aromatic nitrogens is 1. The number of para-hydroxylation sites is 1. The van der Waals surface area contributed by atoms with Crippen molar-refractivity contribution in [3.8, 4) is 0 Å². The Morgan fingerprint density at radius 1 is 1.29 bits per heavy atom. The van der Waals surface area contributed by atoms with Crippen molar-refractivity contribution >= 4 is 40.6 Å². The summed E-state index contributed by atoms with van der Waals surface area (Å²) in [4.78, 5) is 28.7. The zero-order valence-electron chi connectivity index (χ0n) is 14.0. The number of rotatable bonds is 7. The van der Waals surface area contributed by atoms with Gasteiger partial charge in [-0.1, -0.05) is 37.7 Å². The number of anilines is 1. The average molecular weight is 364 g/mol. The predicted octanol–water partition coefficient (Wildman–Crippen LogP) is 3.57. The molecule has 0 aliphatic heterocycles. The molecule has 0 aliphatic rings. The molecule has 1 aromatic carbocycles. The lowest BCUT2D eigenvalue weighted by atomic mass is 10.1. The highest BCUT2D eigenvalue weighted by atomic mass is 32.2. The second-order valence-electron chi connectivity index (χ2n) is 5.74. The summed E-state index contributed by atoms with van der Waals surface area (Å²) in [6.07, 6.45) is 0. The van der Waals surface area contributed by atoms with E-state index in [1.54, 1.807) is 24.3 Å². The molecule has 0 spiro atoms. The minimum absolute atomic E-state index is 0.156. The number of thiazole rings is 1. The fourth-order valence-electron chi connectivity index (χ4n) is 1.89. The van der Waals surface area contributed by atoms with Crippen molar-refractivity contribution < 1.29 is 9.59 Å². The summed E-state index contributed by atoms with van der Waals surface area (Å²) >= 11 is 2.91. The summed E-state index contributed by atoms with van der Waals surface area (Å²) in [5.74, 6) is 0.295. The molecule has 0 radical (unpaired) electrons. The monoisotopic (exact) mass is 363 g/mol. The average Bonchev–Trinajstić information content (AvgIpc) is 2.96. The van der Waals surface area contributed by atoms with E-state index < -0.39 is 0 Å². The van der Waals surface area contributed by atoms with Crippen molar-refractivity contribution in [3.63, 3.8) is 0 Å². The summed E-state index contributed by atoms with van der Waals surface area (Å²) in [5.41, 5.74) is 1.95. The van der Waals surface area contributed by atoms with Crippen LogP contribution >= 0.6 is 23.1 Å². The Morgan fingerprint density at radius 2 is 2.04 bits per heavy atom. The van der Waals surface area contributed by atoms with Gasteiger partial charge in [0.15, 0.2) is 4.34 Å². The number of carbonyl (C=O) groups excluding carboxylic acids is 2. The van der Waals surface area contributed by atoms with E-state index in [1.807, 2.05) is 26.2 Å². The van der Waals surface area contributed by atoms with E-state index in [9.17, 15) is 9.59 Å². The van der Waals surface area contributed by atoms with Crippen LogP contribution in [-0.2, 0) is 4.79 Å². The third-order valence-electron chi connectivity index (χ3n) is 3.04. The topological polar surface area (TPSA) is 71.1 Å². The second-order valence-corrected chi connectivity index (χ2v) is 7.82. The molecule has 24 heavy (non-hydrogen) atoms. The minimum atomic E-state index is -0.178. The molecule has 2 aromatic rings. The van der Waals surface area contributed by atoms with Crippen molar-refractivity contribution in [3.05, 3.63) is 40.9 Å². The molecule has 0 atom stereocenters. The number of amides is 2. The molecule has 0 saturated heterocycles. The number of nitrogens with one attached hydrogen (secondary N) is 2. The lowest BCUT2D eigenvalue weighted by Crippen LogP contribution is -2.28. The van der Waals surface area contributed by atoms with Crippen LogP contribution in [0, 0.1) is 12.8 Å². The highest BCUT2D eigenvalue weighted by Crippen LogP contribution is 2.23. The van der Waals surface area contributed by atoms with Crippen LogP contribution in [0.15, 0.2) is 34.0 Å². The second kappa shape index (κ2) is 8.84. The van der Waals surface area contributed by atoms with Gasteiger partial charge in [-0.3, -0.25) is 9.59 Å². The van der Waals surface area contributed by atoms with E-state index in [4.69, 9.17) is 0 Å². The van der Waals surface area contributed by atoms with Gasteiger partial charge in [-0.05, 0) is 25.0 Å². The zero-order chi connectivity index (χ0) is 17.5. The number of aryl methyl sites for hydroxylation is 1. The SMILES string of the molecule is Cc1csc(SCC(=O)Nc2ccccc2C(=O)NCC(C)C)n1. The number of nitrogens with zero attached hydrogens (tertiary/aromatic N) is 1. The zero-order valence-corrected chi connectivity index (χ0v) is 15.6. The molecule has 5 nitrogen and oxygen atoms in total. The molecule has 0 bridgehead atoms. The highest BCUT2D eigenvalue weighted by Gasteiger charge is 2.13. The molecule has 1 aromatic heterocycles. The molecule has 0 saturated carbocycles. The summed E-state index contributed by atoms with van der Waals surface area (Å²) in [7, 11) is 0. The van der Waals surface area contributed by atoms with Crippen molar-refractivity contribution in [1.82, 2.24) is 10.3 Å². The lowest BCUT2D eigenvalue weighted by molar-refractivity contribution is -0.113. The number of thioether (sulfide) groups is 1. The van der Waals surface area contributed by atoms with Crippen molar-refractivity contribution in [2.24, 2.45) is 5.92 Å². The van der Waals surface area contributed by atoms with Crippen LogP contribution < -0.4 is 10.6 Å². The molecule has 7 heteroatoms. The molecule has 0 fully saturated rings. The first-order chi connectivity index (χ1) is 11.5. The van der Waals surface area contributed by atoms with Crippen molar-refractivity contribution in [1.29, 1.82) is 0 Å². The molecule has 2 rings (SSSR count). The van der Waals surface area contributed by atoms with Gasteiger partial charge >= 0.3 is 0 Å². The number of hydrogen-bond donors (Lipinski definition) is 2. The highest BCUT2D eigenvalue weighted by molar-refractivity contribution is 8.01. The van der Waals surface area contributed by atoms with Gasteiger partial charge in [0, 0.05) is 17.6 Å². The minimum Gasteiger partial charge on any atom is -0.352 e. The summed E-state index contributed by atoms with van der Waals surface area (Å²) in [6, 6.07) is 7.03. The molecular weight excluding hydrogens is 342 g/mol. The quantitative estimate of drug-likeness (QED) is 0.738. The van der Waals surface area contributed by atoms with E-state index in [0.717, 1.165) is 10.0 Å². The molecule has 2 N–H and O–H groups in total. The van der Waals surface area contributed by atoms with Gasteiger partial charge in [0.2, 0.25) is 5.91 Å². The van der Waals surface area contributed by atoms with Crippen molar-refractivity contribution in [2.75, 3.05) is 17.6 Å². The van der Waals surface area contributed by atoms with E-state index in [-0.39, 0.29) is 17.6 Å². The van der Waals surface area contributed by atoms with Gasteiger partial charge in [0.05, 0.1) is 17.0 Å². The fourth-order valence-corrected chi connectivity index (χ4v) is 3.54. The first-order valence-corrected chi connectivity index (χ1v) is 9.54. The van der Waals surface area contributed by atoms with Gasteiger partial charge in [-0.25, -0.2) is 4.98 Å². The van der Waals surface area contributed by atoms with Gasteiger partial charge < -0.3 is 10.6 Å². The maximum absolute atomic E-state index is 12.3. The van der Waals surface area contributed by atoms with Crippen LogP contribution in [-0.4, -0.2) is 29.1 Å². The van der Waals surface area contributed by atoms with Crippen LogP contribution in [0.1, 0.15) is 29.9 Å². The Kier molecular flexibility index (Phi) is 6.81. The van der Waals surface area contributed by atoms with E-state index in [0.29, 0.717) is 23.7 Å². The Bertz CT molecular complexity index is 713. The van der Waals surface area contributed by atoms with Gasteiger partial charge in [-0.15, -0.1) is 11.3 Å². The van der Waals surface area contributed by atoms with Crippen molar-refractivity contribution in [2.45, 2.75) is 25.1 Å². The Labute approximate surface area is 150 Å². The molecule has 128 valence electrons. The third kappa shape index (κ3) is 5.65. The normalized spacial score (nSPS) is 10.7. The Hall–Kier alpha value is -1.86. The van der Waals surface area contributed by atoms with E-state index in [2.05, 4.69) is 15.6 Å². The van der Waals surface area contributed by atoms with Gasteiger partial charge in [0.25, 0.3) is 5.91 Å². The van der Waals surface area contributed by atoms with Crippen LogP contribution in [0.3, 0.4) is 0 Å². The van der Waals surface area contributed by atoms with Crippen LogP contribution in [0.4, 0.5) is 5.69 Å². The first-order valence-electron chi connectivity index (χ1n) is 7.67. The first kappa shape index (κ1) is 18.5. The Balaban J connectivity index is 1.96. The third-order valence-corrected chi connectivity index (χ3v) is 5.18. The maximum Gasteiger partial charge on any atom is 0.253 e. The number of carbonyl (C=O) groups is 2. The largest absolute Gasteiger partial charge is 0.352 e. The molecule has 0 aliphatic carbocycles. The van der Waals surface area contributed by atoms with E-state index >= 15 is 0 Å². The predicted molar refractivity (Wildman–Crippen MR) is 99.8 cm³/mol. The van der Waals surface area contributed by atoms with Crippen LogP contribution in [0.25, 0.3) is 0 Å². The van der Waals surface area contributed by atoms with E-state index in [1.165, 1.54) is 23.1 Å². The Morgan fingerprint density at radius 3 is 2.71 bits per heavy atom. The molecule has 2 amide bonds. The molecule has 1 heterocycles. The summed E-state index contributed by atoms with van der Waals surface area (Å²) in [6.45, 7) is 6.59. The standard InChI is InChI=1S/C17H21N3O2S2/c1-11(2)8-18-16(22)13-6-4-5-7-14(13)20-15(21)10-24-17-19-12(3)9-23-17/h4-7,9,11H,8,10H2,1-3H3,(H,18,22)(H,20,21).